The molecule has 1 aliphatic carbocycles. The first-order valence-corrected chi connectivity index (χ1v) is 7.14. The molecule has 0 aromatic carbocycles. The molecule has 1 aliphatic rings. The van der Waals surface area contributed by atoms with Gasteiger partial charge in [-0.15, -0.1) is 5.10 Å². The summed E-state index contributed by atoms with van der Waals surface area (Å²) in [4.78, 5) is 25.2. The normalized spacial score (nSPS) is 20.8. The number of nitrogens with one attached hydrogen (secondary N) is 1. The fourth-order valence-corrected chi connectivity index (χ4v) is 2.86. The third kappa shape index (κ3) is 2.53. The van der Waals surface area contributed by atoms with Gasteiger partial charge in [-0.2, -0.15) is 5.10 Å². The molecule has 21 heavy (non-hydrogen) atoms. The first-order valence-electron chi connectivity index (χ1n) is 7.14. The van der Waals surface area contributed by atoms with E-state index in [1.165, 1.54) is 16.8 Å². The molecule has 0 unspecified atom stereocenters. The van der Waals surface area contributed by atoms with Crippen molar-refractivity contribution < 1.29 is 0 Å². The highest BCUT2D eigenvalue weighted by Gasteiger charge is 2.41. The van der Waals surface area contributed by atoms with E-state index in [2.05, 4.69) is 29.0 Å². The molecule has 0 spiro atoms. The fourth-order valence-electron chi connectivity index (χ4n) is 2.86. The quantitative estimate of drug-likeness (QED) is 0.924. The van der Waals surface area contributed by atoms with Crippen LogP contribution >= 0.6 is 0 Å². The van der Waals surface area contributed by atoms with Gasteiger partial charge < -0.3 is 0 Å². The van der Waals surface area contributed by atoms with Crippen molar-refractivity contribution in [3.8, 4) is 5.82 Å². The monoisotopic (exact) mass is 286 g/mol. The van der Waals surface area contributed by atoms with Crippen molar-refractivity contribution in [2.24, 2.45) is 11.8 Å². The Hall–Kier alpha value is -2.24. The summed E-state index contributed by atoms with van der Waals surface area (Å²) >= 11 is 0. The van der Waals surface area contributed by atoms with Crippen molar-refractivity contribution in [2.75, 3.05) is 0 Å². The topological polar surface area (TPSA) is 80.6 Å². The summed E-state index contributed by atoms with van der Waals surface area (Å²) in [5.41, 5.74) is 1.14. The molecule has 0 bridgehead atoms. The van der Waals surface area contributed by atoms with Crippen LogP contribution in [0.2, 0.25) is 0 Å². The van der Waals surface area contributed by atoms with E-state index < -0.39 is 11.2 Å². The third-order valence-corrected chi connectivity index (χ3v) is 4.17. The standard InChI is InChI=1S/C15H18N4O2/c1-8(2)10-6-12(10)11-7-13(18-17-9(11)3)19-5-4-14(20)16-15(19)21/h4-5,7-8,10,12H,6H2,1-3H3,(H,16,20,21)/t10-,12+/m1/s1. The summed E-state index contributed by atoms with van der Waals surface area (Å²) in [7, 11) is 0. The highest BCUT2D eigenvalue weighted by molar-refractivity contribution is 5.35. The second kappa shape index (κ2) is 4.95. The maximum atomic E-state index is 11.8. The molecule has 2 atom stereocenters. The lowest BCUT2D eigenvalue weighted by molar-refractivity contribution is 0.547. The van der Waals surface area contributed by atoms with E-state index >= 15 is 0 Å². The fraction of sp³-hybridized carbons (Fsp3) is 0.467. The molecular weight excluding hydrogens is 268 g/mol. The molecule has 0 radical (unpaired) electrons. The van der Waals surface area contributed by atoms with E-state index in [4.69, 9.17) is 0 Å². The number of nitrogens with zero attached hydrogens (tertiary/aromatic N) is 3. The van der Waals surface area contributed by atoms with Crippen LogP contribution in [0.5, 0.6) is 0 Å². The molecule has 3 rings (SSSR count). The van der Waals surface area contributed by atoms with Crippen LogP contribution in [0.1, 0.15) is 37.4 Å². The van der Waals surface area contributed by atoms with Gasteiger partial charge in [0.2, 0.25) is 0 Å². The van der Waals surface area contributed by atoms with Gasteiger partial charge in [0.15, 0.2) is 5.82 Å². The van der Waals surface area contributed by atoms with E-state index in [9.17, 15) is 9.59 Å². The van der Waals surface area contributed by atoms with Crippen molar-refractivity contribution in [3.63, 3.8) is 0 Å². The average molecular weight is 286 g/mol. The number of aromatic amines is 1. The predicted molar refractivity (Wildman–Crippen MR) is 78.7 cm³/mol. The molecule has 0 saturated heterocycles. The van der Waals surface area contributed by atoms with E-state index in [1.807, 2.05) is 13.0 Å². The van der Waals surface area contributed by atoms with Gasteiger partial charge >= 0.3 is 5.69 Å². The lowest BCUT2D eigenvalue weighted by Gasteiger charge is -2.09. The summed E-state index contributed by atoms with van der Waals surface area (Å²) in [5, 5.41) is 8.24. The van der Waals surface area contributed by atoms with Crippen LogP contribution in [0.4, 0.5) is 0 Å². The van der Waals surface area contributed by atoms with Crippen LogP contribution < -0.4 is 11.2 Å². The maximum absolute atomic E-state index is 11.8. The Labute approximate surface area is 121 Å². The Bertz CT molecular complexity index is 791. The van der Waals surface area contributed by atoms with Crippen molar-refractivity contribution in [3.05, 3.63) is 50.4 Å². The van der Waals surface area contributed by atoms with Crippen LogP contribution in [0.3, 0.4) is 0 Å². The van der Waals surface area contributed by atoms with Crippen LogP contribution in [-0.2, 0) is 0 Å². The Balaban J connectivity index is 2.02. The van der Waals surface area contributed by atoms with Crippen LogP contribution in [-0.4, -0.2) is 19.7 Å². The molecule has 2 aromatic rings. The zero-order chi connectivity index (χ0) is 15.1. The lowest BCUT2D eigenvalue weighted by Crippen LogP contribution is -2.28. The molecule has 1 saturated carbocycles. The van der Waals surface area contributed by atoms with Gasteiger partial charge in [0.1, 0.15) is 0 Å². The molecule has 1 N–H and O–H groups in total. The number of H-pyrrole nitrogens is 1. The summed E-state index contributed by atoms with van der Waals surface area (Å²) in [6.45, 7) is 6.39. The van der Waals surface area contributed by atoms with Crippen LogP contribution in [0, 0.1) is 18.8 Å². The third-order valence-electron chi connectivity index (χ3n) is 4.17. The first kappa shape index (κ1) is 13.7. The molecule has 110 valence electrons. The van der Waals surface area contributed by atoms with Crippen LogP contribution in [0.15, 0.2) is 27.9 Å². The second-order valence-corrected chi connectivity index (χ2v) is 5.97. The molecule has 2 aromatic heterocycles. The molecule has 6 nitrogen and oxygen atoms in total. The molecular formula is C15H18N4O2. The SMILES string of the molecule is Cc1nnc(-n2ccc(=O)[nH]c2=O)cc1[C@H]1C[C@@H]1C(C)C. The number of hydrogen-bond acceptors (Lipinski definition) is 4. The number of rotatable bonds is 3. The molecule has 6 heteroatoms. The largest absolute Gasteiger partial charge is 0.334 e. The average Bonchev–Trinajstić information content (AvgIpc) is 3.20. The lowest BCUT2D eigenvalue weighted by atomic mass is 10.0. The Morgan fingerprint density at radius 1 is 1.33 bits per heavy atom. The van der Waals surface area contributed by atoms with E-state index in [1.54, 1.807) is 0 Å². The van der Waals surface area contributed by atoms with Crippen LogP contribution in [0.25, 0.3) is 5.82 Å². The number of aryl methyl sites for hydroxylation is 1. The minimum atomic E-state index is -0.497. The molecule has 1 fully saturated rings. The minimum absolute atomic E-state index is 0.418. The van der Waals surface area contributed by atoms with Crippen molar-refractivity contribution >= 4 is 0 Å². The predicted octanol–water partition coefficient (Wildman–Crippen LogP) is 1.38. The highest BCUT2D eigenvalue weighted by Crippen LogP contribution is 2.52. The summed E-state index contributed by atoms with van der Waals surface area (Å²) in [5.74, 6) is 2.26. The molecule has 0 amide bonds. The van der Waals surface area contributed by atoms with E-state index in [-0.39, 0.29) is 0 Å². The maximum Gasteiger partial charge on any atom is 0.334 e. The second-order valence-electron chi connectivity index (χ2n) is 5.97. The van der Waals surface area contributed by atoms with Gasteiger partial charge in [0.05, 0.1) is 5.69 Å². The van der Waals surface area contributed by atoms with Gasteiger partial charge in [-0.3, -0.25) is 14.3 Å². The van der Waals surface area contributed by atoms with Gasteiger partial charge in [-0.25, -0.2) is 4.79 Å². The van der Waals surface area contributed by atoms with Gasteiger partial charge in [-0.05, 0) is 42.7 Å². The Morgan fingerprint density at radius 2 is 2.10 bits per heavy atom. The van der Waals surface area contributed by atoms with Gasteiger partial charge in [0.25, 0.3) is 5.56 Å². The summed E-state index contributed by atoms with van der Waals surface area (Å²) < 4.78 is 1.31. The van der Waals surface area contributed by atoms with E-state index in [0.717, 1.165) is 17.7 Å². The van der Waals surface area contributed by atoms with Crippen molar-refractivity contribution in [1.29, 1.82) is 0 Å². The highest BCUT2D eigenvalue weighted by atomic mass is 16.2. The van der Waals surface area contributed by atoms with Gasteiger partial charge in [0, 0.05) is 12.3 Å². The van der Waals surface area contributed by atoms with Crippen molar-refractivity contribution in [1.82, 2.24) is 19.7 Å². The minimum Gasteiger partial charge on any atom is -0.274 e. The number of aromatic nitrogens is 4. The van der Waals surface area contributed by atoms with Crippen molar-refractivity contribution in [2.45, 2.75) is 33.1 Å². The number of hydrogen-bond donors (Lipinski definition) is 1. The smallest absolute Gasteiger partial charge is 0.274 e. The molecule has 0 aliphatic heterocycles. The van der Waals surface area contributed by atoms with E-state index in [0.29, 0.717) is 23.6 Å². The zero-order valence-corrected chi connectivity index (χ0v) is 12.3. The summed E-state index contributed by atoms with van der Waals surface area (Å²) in [6, 6.07) is 3.21. The molecule has 2 heterocycles. The Kier molecular flexibility index (Phi) is 3.23. The van der Waals surface area contributed by atoms with Gasteiger partial charge in [-0.1, -0.05) is 13.8 Å². The summed E-state index contributed by atoms with van der Waals surface area (Å²) in [6.07, 6.45) is 2.58. The zero-order valence-electron chi connectivity index (χ0n) is 12.3. The Morgan fingerprint density at radius 3 is 2.71 bits per heavy atom. The first-order chi connectivity index (χ1) is 9.97.